The third-order valence-electron chi connectivity index (χ3n) is 5.10. The van der Waals surface area contributed by atoms with Gasteiger partial charge in [0.25, 0.3) is 11.6 Å². The lowest BCUT2D eigenvalue weighted by Gasteiger charge is -2.21. The van der Waals surface area contributed by atoms with Gasteiger partial charge in [-0.05, 0) is 30.2 Å². The molecule has 10 heteroatoms. The Bertz CT molecular complexity index is 1180. The summed E-state index contributed by atoms with van der Waals surface area (Å²) in [4.78, 5) is 41.8. The molecule has 1 atom stereocenters. The van der Waals surface area contributed by atoms with Gasteiger partial charge in [0.1, 0.15) is 5.54 Å². The second-order valence-electron chi connectivity index (χ2n) is 7.29. The standard InChI is InChI=1S/C21H17ClN4O4S/c1-21(14-3-2-4-17(10-14)26(29)30)19(27)25(20(28)24-21)11-16-12-31-18(23-16)9-13-5-7-15(22)8-6-13/h2-8,10,12H,9,11H2,1H3,(H,24,28). The lowest BCUT2D eigenvalue weighted by molar-refractivity contribution is -0.385. The molecule has 1 aliphatic rings. The Balaban J connectivity index is 1.51. The highest BCUT2D eigenvalue weighted by atomic mass is 35.5. The molecule has 2 aromatic carbocycles. The van der Waals surface area contributed by atoms with E-state index in [-0.39, 0.29) is 12.2 Å². The van der Waals surface area contributed by atoms with E-state index in [1.807, 2.05) is 29.6 Å². The van der Waals surface area contributed by atoms with E-state index in [2.05, 4.69) is 10.3 Å². The number of halogens is 1. The number of carbonyl (C=O) groups excluding carboxylic acids is 2. The monoisotopic (exact) mass is 456 g/mol. The van der Waals surface area contributed by atoms with Crippen molar-refractivity contribution in [2.24, 2.45) is 0 Å². The highest BCUT2D eigenvalue weighted by molar-refractivity contribution is 7.09. The molecule has 31 heavy (non-hydrogen) atoms. The summed E-state index contributed by atoms with van der Waals surface area (Å²) in [5.74, 6) is -0.481. The third-order valence-corrected chi connectivity index (χ3v) is 6.25. The van der Waals surface area contributed by atoms with Crippen LogP contribution in [-0.2, 0) is 23.3 Å². The van der Waals surface area contributed by atoms with Crippen molar-refractivity contribution in [2.75, 3.05) is 0 Å². The van der Waals surface area contributed by atoms with Crippen molar-refractivity contribution >= 4 is 40.6 Å². The van der Waals surface area contributed by atoms with Crippen LogP contribution in [0.1, 0.15) is 28.8 Å². The number of imide groups is 1. The number of thiazole rings is 1. The summed E-state index contributed by atoms with van der Waals surface area (Å²) >= 11 is 7.36. The number of rotatable bonds is 6. The average molecular weight is 457 g/mol. The van der Waals surface area contributed by atoms with Gasteiger partial charge in [0.05, 0.1) is 22.2 Å². The zero-order chi connectivity index (χ0) is 22.2. The normalized spacial score (nSPS) is 18.3. The quantitative estimate of drug-likeness (QED) is 0.339. The predicted molar refractivity (Wildman–Crippen MR) is 116 cm³/mol. The summed E-state index contributed by atoms with van der Waals surface area (Å²) in [6.07, 6.45) is 0.618. The summed E-state index contributed by atoms with van der Waals surface area (Å²) < 4.78 is 0. The number of nitro benzene ring substituents is 1. The molecular formula is C21H17ClN4O4S. The van der Waals surface area contributed by atoms with Crippen LogP contribution in [0.4, 0.5) is 10.5 Å². The molecule has 0 spiro atoms. The van der Waals surface area contributed by atoms with Crippen LogP contribution in [0.3, 0.4) is 0 Å². The van der Waals surface area contributed by atoms with E-state index in [1.165, 1.54) is 29.5 Å². The first-order valence-electron chi connectivity index (χ1n) is 9.33. The van der Waals surface area contributed by atoms with Crippen molar-refractivity contribution in [3.8, 4) is 0 Å². The first-order chi connectivity index (χ1) is 14.8. The first kappa shape index (κ1) is 21.0. The van der Waals surface area contributed by atoms with Crippen LogP contribution < -0.4 is 5.32 Å². The van der Waals surface area contributed by atoms with Crippen molar-refractivity contribution < 1.29 is 14.5 Å². The van der Waals surface area contributed by atoms with E-state index in [0.717, 1.165) is 15.5 Å². The lowest BCUT2D eigenvalue weighted by Crippen LogP contribution is -2.40. The van der Waals surface area contributed by atoms with Crippen molar-refractivity contribution in [1.82, 2.24) is 15.2 Å². The number of nitro groups is 1. The highest BCUT2D eigenvalue weighted by Crippen LogP contribution is 2.32. The van der Waals surface area contributed by atoms with Crippen LogP contribution in [0.5, 0.6) is 0 Å². The Labute approximate surface area is 186 Å². The smallest absolute Gasteiger partial charge is 0.319 e. The molecule has 2 heterocycles. The van der Waals surface area contributed by atoms with E-state index >= 15 is 0 Å². The SMILES string of the molecule is CC1(c2cccc([N+](=O)[O-])c2)NC(=O)N(Cc2csc(Cc3ccc(Cl)cc3)n2)C1=O. The Morgan fingerprint density at radius 3 is 2.68 bits per heavy atom. The van der Waals surface area contributed by atoms with Gasteiger partial charge in [0.15, 0.2) is 0 Å². The second-order valence-corrected chi connectivity index (χ2v) is 8.67. The Hall–Kier alpha value is -3.30. The van der Waals surface area contributed by atoms with Gasteiger partial charge >= 0.3 is 6.03 Å². The molecule has 1 fully saturated rings. The average Bonchev–Trinajstić information content (AvgIpc) is 3.28. The number of nitrogens with zero attached hydrogens (tertiary/aromatic N) is 3. The molecular weight excluding hydrogens is 440 g/mol. The highest BCUT2D eigenvalue weighted by Gasteiger charge is 2.49. The van der Waals surface area contributed by atoms with Gasteiger partial charge in [-0.3, -0.25) is 19.8 Å². The van der Waals surface area contributed by atoms with Crippen LogP contribution in [-0.4, -0.2) is 26.7 Å². The second kappa shape index (κ2) is 8.09. The molecule has 3 amide bonds. The van der Waals surface area contributed by atoms with Crippen LogP contribution in [0.25, 0.3) is 0 Å². The summed E-state index contributed by atoms with van der Waals surface area (Å²) in [6.45, 7) is 1.56. The van der Waals surface area contributed by atoms with Crippen LogP contribution in [0, 0.1) is 10.1 Å². The molecule has 1 aliphatic heterocycles. The molecule has 0 aliphatic carbocycles. The van der Waals surface area contributed by atoms with Gasteiger partial charge in [0, 0.05) is 29.0 Å². The molecule has 1 N–H and O–H groups in total. The number of aromatic nitrogens is 1. The zero-order valence-corrected chi connectivity index (χ0v) is 17.9. The first-order valence-corrected chi connectivity index (χ1v) is 10.6. The fourth-order valence-corrected chi connectivity index (χ4v) is 4.35. The topological polar surface area (TPSA) is 105 Å². The number of amides is 3. The summed E-state index contributed by atoms with van der Waals surface area (Å²) in [5.41, 5.74) is 0.472. The number of nitrogens with one attached hydrogen (secondary N) is 1. The fraction of sp³-hybridized carbons (Fsp3) is 0.190. The summed E-state index contributed by atoms with van der Waals surface area (Å²) in [6, 6.07) is 12.6. The molecule has 3 aromatic rings. The Morgan fingerprint density at radius 2 is 1.97 bits per heavy atom. The van der Waals surface area contributed by atoms with Gasteiger partial charge in [-0.25, -0.2) is 9.78 Å². The van der Waals surface area contributed by atoms with Gasteiger partial charge < -0.3 is 5.32 Å². The number of benzene rings is 2. The minimum absolute atomic E-state index is 0.0201. The molecule has 0 saturated carbocycles. The van der Waals surface area contributed by atoms with Crippen LogP contribution in [0.2, 0.25) is 5.02 Å². The number of carbonyl (C=O) groups is 2. The van der Waals surface area contributed by atoms with E-state index < -0.39 is 22.4 Å². The van der Waals surface area contributed by atoms with E-state index in [0.29, 0.717) is 22.7 Å². The number of urea groups is 1. The summed E-state index contributed by atoms with van der Waals surface area (Å²) in [5, 5.41) is 17.1. The molecule has 0 bridgehead atoms. The maximum atomic E-state index is 13.1. The van der Waals surface area contributed by atoms with Gasteiger partial charge in [-0.1, -0.05) is 35.9 Å². The minimum atomic E-state index is -1.38. The van der Waals surface area contributed by atoms with Crippen molar-refractivity contribution in [1.29, 1.82) is 0 Å². The van der Waals surface area contributed by atoms with E-state index in [1.54, 1.807) is 13.0 Å². The van der Waals surface area contributed by atoms with Gasteiger partial charge in [-0.15, -0.1) is 11.3 Å². The van der Waals surface area contributed by atoms with Gasteiger partial charge in [0.2, 0.25) is 0 Å². The zero-order valence-electron chi connectivity index (χ0n) is 16.4. The van der Waals surface area contributed by atoms with Crippen LogP contribution in [0.15, 0.2) is 53.9 Å². The molecule has 0 radical (unpaired) electrons. The van der Waals surface area contributed by atoms with Crippen molar-refractivity contribution in [3.63, 3.8) is 0 Å². The van der Waals surface area contributed by atoms with Crippen molar-refractivity contribution in [3.05, 3.63) is 90.9 Å². The van der Waals surface area contributed by atoms with E-state index in [9.17, 15) is 19.7 Å². The molecule has 1 unspecified atom stereocenters. The Morgan fingerprint density at radius 1 is 1.23 bits per heavy atom. The van der Waals surface area contributed by atoms with Crippen LogP contribution >= 0.6 is 22.9 Å². The molecule has 158 valence electrons. The predicted octanol–water partition coefficient (Wildman–Crippen LogP) is 4.26. The molecule has 1 aromatic heterocycles. The molecule has 8 nitrogen and oxygen atoms in total. The maximum absolute atomic E-state index is 13.1. The van der Waals surface area contributed by atoms with Crippen molar-refractivity contribution in [2.45, 2.75) is 25.4 Å². The summed E-state index contributed by atoms with van der Waals surface area (Å²) in [7, 11) is 0. The minimum Gasteiger partial charge on any atom is -0.319 e. The third kappa shape index (κ3) is 4.14. The lowest BCUT2D eigenvalue weighted by atomic mass is 9.91. The van der Waals surface area contributed by atoms with E-state index in [4.69, 9.17) is 11.6 Å². The Kier molecular flexibility index (Phi) is 5.47. The largest absolute Gasteiger partial charge is 0.325 e. The number of hydrogen-bond donors (Lipinski definition) is 1. The number of hydrogen-bond acceptors (Lipinski definition) is 6. The van der Waals surface area contributed by atoms with Gasteiger partial charge in [-0.2, -0.15) is 0 Å². The number of non-ortho nitro benzene ring substituents is 1. The molecule has 4 rings (SSSR count). The fourth-order valence-electron chi connectivity index (χ4n) is 3.41. The maximum Gasteiger partial charge on any atom is 0.325 e. The molecule has 1 saturated heterocycles.